The van der Waals surface area contributed by atoms with Gasteiger partial charge in [0.1, 0.15) is 17.6 Å². The van der Waals surface area contributed by atoms with E-state index >= 15 is 0 Å². The Morgan fingerprint density at radius 3 is 2.20 bits per heavy atom. The summed E-state index contributed by atoms with van der Waals surface area (Å²) in [6.45, 7) is 10.7. The Labute approximate surface area is 302 Å². The Hall–Kier alpha value is -4.04. The summed E-state index contributed by atoms with van der Waals surface area (Å²) in [5.74, 6) is -2.55. The number of sulfonamides is 1. The fourth-order valence-electron chi connectivity index (χ4n) is 6.87. The van der Waals surface area contributed by atoms with Crippen LogP contribution in [-0.4, -0.2) is 81.6 Å². The normalized spacial score (nSPS) is 25.7. The molecule has 0 spiro atoms. The molecule has 1 saturated heterocycles. The van der Waals surface area contributed by atoms with Gasteiger partial charge in [0.05, 0.1) is 10.00 Å². The molecule has 5 rings (SSSR count). The standard InChI is InChI=1S/C37H48N4O8S2/c1-6-8-20-50(47)36(27-16-14-25(15-17-27)24-12-10-9-11-13-24)22-29(41(23-36)32(43)30(35(3,4)5)38-34(45)46)31(42)39-37(21-26(37)7-2)33(44)40-51(48,49)28-18-19-28/h7,9-17,26,28-30,38H,2,6,8,18-23H2,1,3-5H3,(H,39,42)(H,40,44)(H,45,46)/t26-,29+,30-,36+,37-,50?/m1/s1. The first-order valence-electron chi connectivity index (χ1n) is 17.3. The summed E-state index contributed by atoms with van der Waals surface area (Å²) >= 11 is 0. The minimum atomic E-state index is -3.93. The molecule has 4 amide bonds. The maximum absolute atomic E-state index is 14.5. The minimum Gasteiger partial charge on any atom is -0.465 e. The smallest absolute Gasteiger partial charge is 0.405 e. The molecule has 0 bridgehead atoms. The van der Waals surface area contributed by atoms with Crippen LogP contribution in [-0.2, 0) is 40.0 Å². The quantitative estimate of drug-likeness (QED) is 0.210. The maximum atomic E-state index is 14.5. The summed E-state index contributed by atoms with van der Waals surface area (Å²) in [5, 5.41) is 14.1. The van der Waals surface area contributed by atoms with Crippen molar-refractivity contribution in [2.75, 3.05) is 12.3 Å². The van der Waals surface area contributed by atoms with E-state index in [1.165, 1.54) is 11.0 Å². The molecule has 4 N–H and O–H groups in total. The van der Waals surface area contributed by atoms with Crippen molar-refractivity contribution >= 4 is 44.6 Å². The summed E-state index contributed by atoms with van der Waals surface area (Å²) in [5.41, 5.74) is 0.0325. The van der Waals surface area contributed by atoms with Crippen LogP contribution in [0.5, 0.6) is 0 Å². The number of hydrogen-bond donors (Lipinski definition) is 4. The molecule has 2 saturated carbocycles. The Morgan fingerprint density at radius 2 is 1.67 bits per heavy atom. The zero-order chi connectivity index (χ0) is 37.4. The molecule has 1 heterocycles. The number of carbonyl (C=O) groups excluding carboxylic acids is 3. The SMILES string of the molecule is C=C[C@@H]1C[C@]1(NC(=O)[C@@H]1C[C@](c2ccc(-c3ccccc3)cc2)(S(=O)CCCC)CN1C(=O)[C@@H](NC(=O)O)C(C)(C)C)C(=O)NS(=O)(=O)C1CC1. The largest absolute Gasteiger partial charge is 0.465 e. The number of carbonyl (C=O) groups is 4. The van der Waals surface area contributed by atoms with Gasteiger partial charge in [-0.25, -0.2) is 13.2 Å². The number of hydrogen-bond acceptors (Lipinski definition) is 7. The highest BCUT2D eigenvalue weighted by atomic mass is 32.2. The van der Waals surface area contributed by atoms with E-state index in [1.54, 1.807) is 20.8 Å². The van der Waals surface area contributed by atoms with Crippen molar-refractivity contribution < 1.29 is 36.9 Å². The summed E-state index contributed by atoms with van der Waals surface area (Å²) in [6, 6.07) is 14.7. The first-order chi connectivity index (χ1) is 24.0. The fourth-order valence-corrected chi connectivity index (χ4v) is 10.2. The van der Waals surface area contributed by atoms with Gasteiger partial charge >= 0.3 is 6.09 Å². The van der Waals surface area contributed by atoms with E-state index in [9.17, 15) is 36.9 Å². The van der Waals surface area contributed by atoms with E-state index in [0.29, 0.717) is 30.6 Å². The highest BCUT2D eigenvalue weighted by Gasteiger charge is 2.63. The van der Waals surface area contributed by atoms with Crippen LogP contribution in [0.1, 0.15) is 71.8 Å². The molecule has 3 aliphatic rings. The Kier molecular flexibility index (Phi) is 10.9. The van der Waals surface area contributed by atoms with E-state index in [-0.39, 0.29) is 19.4 Å². The number of nitrogens with one attached hydrogen (secondary N) is 3. The van der Waals surface area contributed by atoms with Crippen molar-refractivity contribution in [2.24, 2.45) is 11.3 Å². The molecule has 1 aliphatic heterocycles. The van der Waals surface area contributed by atoms with Crippen molar-refractivity contribution in [3.8, 4) is 11.1 Å². The molecule has 51 heavy (non-hydrogen) atoms. The van der Waals surface area contributed by atoms with Crippen LogP contribution in [0.4, 0.5) is 4.79 Å². The lowest BCUT2D eigenvalue weighted by Crippen LogP contribution is -2.60. The molecule has 14 heteroatoms. The summed E-state index contributed by atoms with van der Waals surface area (Å²) in [7, 11) is -5.53. The third-order valence-corrected chi connectivity index (χ3v) is 14.1. The van der Waals surface area contributed by atoms with Gasteiger partial charge in [-0.05, 0) is 54.2 Å². The molecule has 2 aliphatic carbocycles. The molecule has 2 aromatic carbocycles. The van der Waals surface area contributed by atoms with E-state index in [4.69, 9.17) is 0 Å². The highest BCUT2D eigenvalue weighted by Crippen LogP contribution is 2.47. The Balaban J connectivity index is 1.56. The summed E-state index contributed by atoms with van der Waals surface area (Å²) in [6.07, 6.45) is 2.36. The van der Waals surface area contributed by atoms with Gasteiger partial charge in [0.2, 0.25) is 21.8 Å². The summed E-state index contributed by atoms with van der Waals surface area (Å²) < 4.78 is 40.8. The van der Waals surface area contributed by atoms with Crippen LogP contribution in [0.25, 0.3) is 11.1 Å². The van der Waals surface area contributed by atoms with Gasteiger partial charge in [-0.1, -0.05) is 94.8 Å². The van der Waals surface area contributed by atoms with Crippen LogP contribution in [0, 0.1) is 11.3 Å². The highest BCUT2D eigenvalue weighted by molar-refractivity contribution is 7.91. The number of nitrogens with zero attached hydrogens (tertiary/aromatic N) is 1. The van der Waals surface area contributed by atoms with Crippen molar-refractivity contribution in [1.29, 1.82) is 0 Å². The number of amides is 4. The number of unbranched alkanes of at least 4 members (excludes halogenated alkanes) is 1. The zero-order valence-electron chi connectivity index (χ0n) is 29.5. The average molecular weight is 741 g/mol. The predicted octanol–water partition coefficient (Wildman–Crippen LogP) is 4.05. The lowest BCUT2D eigenvalue weighted by atomic mass is 9.85. The summed E-state index contributed by atoms with van der Waals surface area (Å²) in [4.78, 5) is 55.7. The topological polar surface area (TPSA) is 179 Å². The van der Waals surface area contributed by atoms with Gasteiger partial charge in [0, 0.05) is 29.0 Å². The molecule has 0 radical (unpaired) electrons. The fraction of sp³-hybridized carbons (Fsp3) is 0.514. The van der Waals surface area contributed by atoms with Crippen LogP contribution in [0.3, 0.4) is 0 Å². The lowest BCUT2D eigenvalue weighted by Gasteiger charge is -2.35. The van der Waals surface area contributed by atoms with Crippen LogP contribution >= 0.6 is 0 Å². The molecule has 1 unspecified atom stereocenters. The van der Waals surface area contributed by atoms with Gasteiger partial charge in [-0.3, -0.25) is 23.3 Å². The van der Waals surface area contributed by atoms with Gasteiger partial charge in [-0.15, -0.1) is 6.58 Å². The van der Waals surface area contributed by atoms with E-state index in [2.05, 4.69) is 21.9 Å². The first kappa shape index (κ1) is 38.2. The molecular weight excluding hydrogens is 693 g/mol. The number of carboxylic acid groups (broad SMARTS) is 1. The van der Waals surface area contributed by atoms with E-state index < -0.39 is 83.6 Å². The van der Waals surface area contributed by atoms with Crippen LogP contribution < -0.4 is 15.4 Å². The number of likely N-dealkylation sites (tertiary alicyclic amines) is 1. The molecule has 3 fully saturated rings. The number of benzene rings is 2. The van der Waals surface area contributed by atoms with Crippen molar-refractivity contribution in [3.63, 3.8) is 0 Å². The van der Waals surface area contributed by atoms with Crippen LogP contribution in [0.15, 0.2) is 67.3 Å². The van der Waals surface area contributed by atoms with Gasteiger partial charge in [0.15, 0.2) is 0 Å². The second-order valence-electron chi connectivity index (χ2n) is 15.0. The molecular formula is C37H48N4O8S2. The predicted molar refractivity (Wildman–Crippen MR) is 195 cm³/mol. The van der Waals surface area contributed by atoms with Crippen LogP contribution in [0.2, 0.25) is 0 Å². The zero-order valence-corrected chi connectivity index (χ0v) is 31.1. The monoisotopic (exact) mass is 740 g/mol. The Morgan fingerprint density at radius 1 is 1.04 bits per heavy atom. The van der Waals surface area contributed by atoms with Crippen molar-refractivity contribution in [1.82, 2.24) is 20.3 Å². The minimum absolute atomic E-state index is 0.0770. The Bertz CT molecular complexity index is 1810. The van der Waals surface area contributed by atoms with E-state index in [1.807, 2.05) is 61.5 Å². The van der Waals surface area contributed by atoms with Gasteiger partial charge in [0.25, 0.3) is 5.91 Å². The van der Waals surface area contributed by atoms with Gasteiger partial charge < -0.3 is 20.6 Å². The maximum Gasteiger partial charge on any atom is 0.405 e. The molecule has 276 valence electrons. The van der Waals surface area contributed by atoms with Gasteiger partial charge in [-0.2, -0.15) is 0 Å². The average Bonchev–Trinajstić information content (AvgIpc) is 4.02. The molecule has 2 aromatic rings. The third-order valence-electron chi connectivity index (χ3n) is 10.2. The van der Waals surface area contributed by atoms with Crippen molar-refractivity contribution in [3.05, 3.63) is 72.8 Å². The molecule has 0 aromatic heterocycles. The molecule has 6 atom stereocenters. The second-order valence-corrected chi connectivity index (χ2v) is 18.8. The third kappa shape index (κ3) is 7.91. The van der Waals surface area contributed by atoms with Crippen molar-refractivity contribution in [2.45, 2.75) is 93.8 Å². The number of rotatable bonds is 14. The van der Waals surface area contributed by atoms with E-state index in [0.717, 1.165) is 17.5 Å². The first-order valence-corrected chi connectivity index (χ1v) is 20.2. The molecule has 12 nitrogen and oxygen atoms in total. The second kappa shape index (κ2) is 14.5. The lowest BCUT2D eigenvalue weighted by molar-refractivity contribution is -0.142.